The third kappa shape index (κ3) is 3.12. The summed E-state index contributed by atoms with van der Waals surface area (Å²) in [5.74, 6) is -1.87. The lowest BCUT2D eigenvalue weighted by atomic mass is 9.95. The van der Waals surface area contributed by atoms with Crippen molar-refractivity contribution in [1.82, 2.24) is 9.38 Å². The molecule has 0 unspecified atom stereocenters. The Bertz CT molecular complexity index is 971. The van der Waals surface area contributed by atoms with E-state index in [4.69, 9.17) is 0 Å². The van der Waals surface area contributed by atoms with E-state index in [1.54, 1.807) is 31.4 Å². The Balaban J connectivity index is 2.25. The number of halogens is 2. The molecule has 1 amide bonds. The molecule has 1 aromatic carbocycles. The number of hydrogen-bond acceptors (Lipinski definition) is 2. The van der Waals surface area contributed by atoms with E-state index < -0.39 is 17.0 Å². The van der Waals surface area contributed by atoms with Gasteiger partial charge in [-0.2, -0.15) is 0 Å². The molecule has 0 aliphatic rings. The van der Waals surface area contributed by atoms with Gasteiger partial charge in [-0.3, -0.25) is 9.20 Å². The quantitative estimate of drug-likeness (QED) is 0.741. The molecule has 0 spiro atoms. The fourth-order valence-corrected chi connectivity index (χ4v) is 2.44. The van der Waals surface area contributed by atoms with Gasteiger partial charge in [0.25, 0.3) is 0 Å². The van der Waals surface area contributed by atoms with Crippen molar-refractivity contribution in [1.29, 1.82) is 0 Å². The maximum Gasteiger partial charge on any atom is 0.230 e. The first-order valence-corrected chi connectivity index (χ1v) is 7.93. The number of carbonyl (C=O) groups is 1. The first-order valence-electron chi connectivity index (χ1n) is 7.93. The summed E-state index contributed by atoms with van der Waals surface area (Å²) < 4.78 is 29.6. The Labute approximate surface area is 144 Å². The first-order chi connectivity index (χ1) is 11.7. The van der Waals surface area contributed by atoms with Gasteiger partial charge in [-0.25, -0.2) is 13.8 Å². The van der Waals surface area contributed by atoms with Gasteiger partial charge >= 0.3 is 0 Å². The van der Waals surface area contributed by atoms with Crippen molar-refractivity contribution in [2.45, 2.75) is 27.7 Å². The number of carbonyl (C=O) groups excluding carboxylic acids is 1. The molecule has 25 heavy (non-hydrogen) atoms. The molecule has 130 valence electrons. The number of rotatable bonds is 2. The predicted octanol–water partition coefficient (Wildman–Crippen LogP) is 4.57. The molecule has 0 aliphatic carbocycles. The standard InChI is InChI=1S/C19H19F2N3O/c1-11-8-9-24-14(10-11)22-16(12-6-5-7-13(20)15(12)21)17(24)23-18(25)19(2,3)4/h5-10H,1-4H3,(H,23,25). The smallest absolute Gasteiger partial charge is 0.230 e. The number of anilines is 1. The van der Waals surface area contributed by atoms with Crippen LogP contribution in [0.3, 0.4) is 0 Å². The number of nitrogens with zero attached hydrogens (tertiary/aromatic N) is 2. The summed E-state index contributed by atoms with van der Waals surface area (Å²) in [6, 6.07) is 7.57. The zero-order valence-electron chi connectivity index (χ0n) is 14.5. The number of imidazole rings is 1. The first kappa shape index (κ1) is 17.1. The van der Waals surface area contributed by atoms with E-state index in [2.05, 4.69) is 10.3 Å². The monoisotopic (exact) mass is 343 g/mol. The maximum atomic E-state index is 14.3. The van der Waals surface area contributed by atoms with Crippen LogP contribution in [0.2, 0.25) is 0 Å². The molecular weight excluding hydrogens is 324 g/mol. The topological polar surface area (TPSA) is 46.4 Å². The van der Waals surface area contributed by atoms with Crippen LogP contribution in [-0.4, -0.2) is 15.3 Å². The molecular formula is C19H19F2N3O. The van der Waals surface area contributed by atoms with E-state index in [-0.39, 0.29) is 17.2 Å². The second-order valence-electron chi connectivity index (χ2n) is 7.05. The van der Waals surface area contributed by atoms with Crippen LogP contribution in [0.15, 0.2) is 36.5 Å². The van der Waals surface area contributed by atoms with Crippen molar-refractivity contribution in [3.05, 3.63) is 53.7 Å². The van der Waals surface area contributed by atoms with Crippen LogP contribution in [-0.2, 0) is 4.79 Å². The molecule has 3 rings (SSSR count). The average molecular weight is 343 g/mol. The number of hydrogen-bond donors (Lipinski definition) is 1. The Morgan fingerprint density at radius 1 is 1.20 bits per heavy atom. The summed E-state index contributed by atoms with van der Waals surface area (Å²) in [7, 11) is 0. The third-order valence-corrected chi connectivity index (χ3v) is 3.90. The molecule has 1 N–H and O–H groups in total. The Morgan fingerprint density at radius 3 is 2.60 bits per heavy atom. The van der Waals surface area contributed by atoms with Crippen LogP contribution >= 0.6 is 0 Å². The minimum absolute atomic E-state index is 0.00515. The summed E-state index contributed by atoms with van der Waals surface area (Å²) in [6.45, 7) is 7.24. The van der Waals surface area contributed by atoms with Crippen molar-refractivity contribution in [3.8, 4) is 11.3 Å². The van der Waals surface area contributed by atoms with Crippen LogP contribution in [0.5, 0.6) is 0 Å². The van der Waals surface area contributed by atoms with Crippen molar-refractivity contribution in [2.24, 2.45) is 5.41 Å². The van der Waals surface area contributed by atoms with Crippen molar-refractivity contribution >= 4 is 17.4 Å². The molecule has 0 fully saturated rings. The van der Waals surface area contributed by atoms with Gasteiger partial charge in [-0.1, -0.05) is 26.8 Å². The van der Waals surface area contributed by atoms with Crippen LogP contribution in [0.25, 0.3) is 16.9 Å². The van der Waals surface area contributed by atoms with Crippen molar-refractivity contribution in [3.63, 3.8) is 0 Å². The lowest BCUT2D eigenvalue weighted by Crippen LogP contribution is -2.28. The molecule has 0 radical (unpaired) electrons. The highest BCUT2D eigenvalue weighted by atomic mass is 19.2. The van der Waals surface area contributed by atoms with Gasteiger partial charge in [0.2, 0.25) is 5.91 Å². The van der Waals surface area contributed by atoms with Gasteiger partial charge < -0.3 is 5.32 Å². The Morgan fingerprint density at radius 2 is 1.92 bits per heavy atom. The predicted molar refractivity (Wildman–Crippen MR) is 93.4 cm³/mol. The molecule has 0 bridgehead atoms. The number of aromatic nitrogens is 2. The second-order valence-corrected chi connectivity index (χ2v) is 7.05. The minimum atomic E-state index is -0.992. The molecule has 0 saturated heterocycles. The van der Waals surface area contributed by atoms with Gasteiger partial charge in [0.05, 0.1) is 0 Å². The largest absolute Gasteiger partial charge is 0.309 e. The lowest BCUT2D eigenvalue weighted by molar-refractivity contribution is -0.123. The number of fused-ring (bicyclic) bond motifs is 1. The summed E-state index contributed by atoms with van der Waals surface area (Å²) in [5.41, 5.74) is 1.07. The van der Waals surface area contributed by atoms with Crippen molar-refractivity contribution < 1.29 is 13.6 Å². The van der Waals surface area contributed by atoms with Gasteiger partial charge in [0.15, 0.2) is 11.6 Å². The Hall–Kier alpha value is -2.76. The van der Waals surface area contributed by atoms with Crippen molar-refractivity contribution in [2.75, 3.05) is 5.32 Å². The summed E-state index contributed by atoms with van der Waals surface area (Å²) in [5, 5.41) is 2.81. The highest BCUT2D eigenvalue weighted by Crippen LogP contribution is 2.32. The molecule has 4 nitrogen and oxygen atoms in total. The zero-order chi connectivity index (χ0) is 18.4. The molecule has 3 aromatic rings. The van der Waals surface area contributed by atoms with E-state index in [1.807, 2.05) is 19.1 Å². The summed E-state index contributed by atoms with van der Waals surface area (Å²) in [6.07, 6.45) is 1.75. The van der Waals surface area contributed by atoms with E-state index in [0.29, 0.717) is 11.5 Å². The highest BCUT2D eigenvalue weighted by Gasteiger charge is 2.26. The van der Waals surface area contributed by atoms with Crippen LogP contribution in [0, 0.1) is 24.0 Å². The highest BCUT2D eigenvalue weighted by molar-refractivity contribution is 5.97. The maximum absolute atomic E-state index is 14.3. The molecule has 6 heteroatoms. The number of amides is 1. The van der Waals surface area contributed by atoms with Gasteiger partial charge in [0, 0.05) is 17.2 Å². The second kappa shape index (κ2) is 5.95. The van der Waals surface area contributed by atoms with Crippen LogP contribution in [0.4, 0.5) is 14.6 Å². The molecule has 2 aromatic heterocycles. The van der Waals surface area contributed by atoms with E-state index in [1.165, 1.54) is 12.1 Å². The molecule has 2 heterocycles. The SMILES string of the molecule is Cc1ccn2c(NC(=O)C(C)(C)C)c(-c3cccc(F)c3F)nc2c1. The fourth-order valence-electron chi connectivity index (χ4n) is 2.44. The number of pyridine rings is 1. The average Bonchev–Trinajstić information content (AvgIpc) is 2.86. The Kier molecular flexibility index (Phi) is 4.06. The van der Waals surface area contributed by atoms with Crippen LogP contribution in [0.1, 0.15) is 26.3 Å². The number of nitrogens with one attached hydrogen (secondary N) is 1. The normalized spacial score (nSPS) is 11.8. The van der Waals surface area contributed by atoms with Gasteiger partial charge in [-0.15, -0.1) is 0 Å². The molecule has 0 aliphatic heterocycles. The molecule has 0 atom stereocenters. The molecule has 0 saturated carbocycles. The fraction of sp³-hybridized carbons (Fsp3) is 0.263. The zero-order valence-corrected chi connectivity index (χ0v) is 14.5. The minimum Gasteiger partial charge on any atom is -0.309 e. The summed E-state index contributed by atoms with van der Waals surface area (Å²) in [4.78, 5) is 16.9. The number of benzene rings is 1. The third-order valence-electron chi connectivity index (χ3n) is 3.90. The van der Waals surface area contributed by atoms with E-state index in [0.717, 1.165) is 11.6 Å². The number of aryl methyl sites for hydroxylation is 1. The van der Waals surface area contributed by atoms with Gasteiger partial charge in [-0.05, 0) is 36.8 Å². The van der Waals surface area contributed by atoms with E-state index in [9.17, 15) is 13.6 Å². The lowest BCUT2D eigenvalue weighted by Gasteiger charge is -2.18. The van der Waals surface area contributed by atoms with E-state index >= 15 is 0 Å². The van der Waals surface area contributed by atoms with Gasteiger partial charge in [0.1, 0.15) is 17.2 Å². The van der Waals surface area contributed by atoms with Crippen LogP contribution < -0.4 is 5.32 Å². The summed E-state index contributed by atoms with van der Waals surface area (Å²) >= 11 is 0.